The minimum absolute atomic E-state index is 0.253. The van der Waals surface area contributed by atoms with Crippen molar-refractivity contribution in [3.63, 3.8) is 0 Å². The van der Waals surface area contributed by atoms with E-state index in [1.54, 1.807) is 6.33 Å². The second kappa shape index (κ2) is 4.72. The van der Waals surface area contributed by atoms with Crippen LogP contribution in [0.3, 0.4) is 0 Å². The standard InChI is InChI=1S/C13H20N4O/c1-9-6-17(7-10(2)18-9)13-5-12(14-8-15-13)16-11-3-4-11/h5,8-11H,3-4,6-7H2,1-2H3,(H,14,15,16)/t9-,10+. The van der Waals surface area contributed by atoms with Gasteiger partial charge in [-0.05, 0) is 26.7 Å². The smallest absolute Gasteiger partial charge is 0.134 e. The SMILES string of the molecule is C[C@@H]1CN(c2cc(NC3CC3)ncn2)C[C@H](C)O1. The third-order valence-electron chi connectivity index (χ3n) is 3.33. The van der Waals surface area contributed by atoms with E-state index < -0.39 is 0 Å². The first-order valence-electron chi connectivity index (χ1n) is 6.69. The van der Waals surface area contributed by atoms with Crippen LogP contribution in [0.2, 0.25) is 0 Å². The molecule has 0 unspecified atom stereocenters. The molecule has 0 aromatic carbocycles. The normalized spacial score (nSPS) is 28.2. The molecule has 0 radical (unpaired) electrons. The topological polar surface area (TPSA) is 50.3 Å². The zero-order valence-corrected chi connectivity index (χ0v) is 11.0. The summed E-state index contributed by atoms with van der Waals surface area (Å²) in [4.78, 5) is 10.9. The van der Waals surface area contributed by atoms with Gasteiger partial charge in [0.2, 0.25) is 0 Å². The summed E-state index contributed by atoms with van der Waals surface area (Å²) in [6.45, 7) is 5.99. The van der Waals surface area contributed by atoms with Crippen molar-refractivity contribution in [2.75, 3.05) is 23.3 Å². The molecule has 18 heavy (non-hydrogen) atoms. The summed E-state index contributed by atoms with van der Waals surface area (Å²) in [5.74, 6) is 1.93. The Morgan fingerprint density at radius 1 is 1.22 bits per heavy atom. The van der Waals surface area contributed by atoms with Crippen LogP contribution in [0.4, 0.5) is 11.6 Å². The minimum atomic E-state index is 0.253. The first-order chi connectivity index (χ1) is 8.70. The average Bonchev–Trinajstić information content (AvgIpc) is 3.12. The van der Waals surface area contributed by atoms with Crippen molar-refractivity contribution in [3.8, 4) is 0 Å². The molecule has 0 amide bonds. The molecule has 2 fully saturated rings. The van der Waals surface area contributed by atoms with E-state index in [1.807, 2.05) is 6.07 Å². The molecule has 1 aromatic rings. The number of rotatable bonds is 3. The van der Waals surface area contributed by atoms with Crippen molar-refractivity contribution in [2.24, 2.45) is 0 Å². The fourth-order valence-corrected chi connectivity index (χ4v) is 2.40. The monoisotopic (exact) mass is 248 g/mol. The van der Waals surface area contributed by atoms with Crippen molar-refractivity contribution < 1.29 is 4.74 Å². The molecule has 3 rings (SSSR count). The van der Waals surface area contributed by atoms with Gasteiger partial charge in [-0.1, -0.05) is 0 Å². The number of morpholine rings is 1. The Morgan fingerprint density at radius 3 is 2.61 bits per heavy atom. The lowest BCUT2D eigenvalue weighted by molar-refractivity contribution is -0.00546. The van der Waals surface area contributed by atoms with Gasteiger partial charge in [0.1, 0.15) is 18.0 Å². The number of anilines is 2. The Labute approximate surface area is 108 Å². The third-order valence-corrected chi connectivity index (χ3v) is 3.33. The molecule has 1 aliphatic carbocycles. The van der Waals surface area contributed by atoms with Crippen LogP contribution in [-0.2, 0) is 4.74 Å². The zero-order valence-electron chi connectivity index (χ0n) is 11.0. The van der Waals surface area contributed by atoms with Crippen molar-refractivity contribution in [1.82, 2.24) is 9.97 Å². The van der Waals surface area contributed by atoms with E-state index >= 15 is 0 Å². The van der Waals surface area contributed by atoms with E-state index in [1.165, 1.54) is 12.8 Å². The van der Waals surface area contributed by atoms with Gasteiger partial charge in [-0.3, -0.25) is 0 Å². The van der Waals surface area contributed by atoms with Crippen LogP contribution < -0.4 is 10.2 Å². The lowest BCUT2D eigenvalue weighted by Gasteiger charge is -2.36. The molecule has 5 nitrogen and oxygen atoms in total. The highest BCUT2D eigenvalue weighted by Crippen LogP contribution is 2.25. The molecule has 2 atom stereocenters. The Kier molecular flexibility index (Phi) is 3.07. The van der Waals surface area contributed by atoms with Gasteiger partial charge in [0.25, 0.3) is 0 Å². The fourth-order valence-electron chi connectivity index (χ4n) is 2.40. The van der Waals surface area contributed by atoms with Gasteiger partial charge in [0.15, 0.2) is 0 Å². The van der Waals surface area contributed by atoms with E-state index in [0.717, 1.165) is 24.7 Å². The summed E-state index contributed by atoms with van der Waals surface area (Å²) in [7, 11) is 0. The number of ether oxygens (including phenoxy) is 1. The fraction of sp³-hybridized carbons (Fsp3) is 0.692. The largest absolute Gasteiger partial charge is 0.372 e. The predicted molar refractivity (Wildman–Crippen MR) is 70.9 cm³/mol. The highest BCUT2D eigenvalue weighted by molar-refractivity contribution is 5.49. The van der Waals surface area contributed by atoms with Gasteiger partial charge in [0.05, 0.1) is 12.2 Å². The zero-order chi connectivity index (χ0) is 12.5. The Balaban J connectivity index is 1.73. The van der Waals surface area contributed by atoms with E-state index in [9.17, 15) is 0 Å². The van der Waals surface area contributed by atoms with Crippen molar-refractivity contribution in [2.45, 2.75) is 44.9 Å². The number of hydrogen-bond donors (Lipinski definition) is 1. The average molecular weight is 248 g/mol. The molecular formula is C13H20N4O. The molecule has 1 saturated carbocycles. The highest BCUT2D eigenvalue weighted by atomic mass is 16.5. The summed E-state index contributed by atoms with van der Waals surface area (Å²) in [6.07, 6.45) is 4.66. The highest BCUT2D eigenvalue weighted by Gasteiger charge is 2.24. The minimum Gasteiger partial charge on any atom is -0.372 e. The Hall–Kier alpha value is -1.36. The van der Waals surface area contributed by atoms with Crippen molar-refractivity contribution >= 4 is 11.6 Å². The van der Waals surface area contributed by atoms with Gasteiger partial charge in [0, 0.05) is 25.2 Å². The molecule has 5 heteroatoms. The molecule has 98 valence electrons. The number of hydrogen-bond acceptors (Lipinski definition) is 5. The van der Waals surface area contributed by atoms with Crippen LogP contribution in [-0.4, -0.2) is 41.3 Å². The number of nitrogens with zero attached hydrogens (tertiary/aromatic N) is 3. The van der Waals surface area contributed by atoms with Crippen LogP contribution in [0.15, 0.2) is 12.4 Å². The first kappa shape index (κ1) is 11.7. The maximum atomic E-state index is 5.74. The third kappa shape index (κ3) is 2.72. The summed E-state index contributed by atoms with van der Waals surface area (Å²) in [5, 5.41) is 3.41. The quantitative estimate of drug-likeness (QED) is 0.881. The van der Waals surface area contributed by atoms with E-state index in [-0.39, 0.29) is 12.2 Å². The van der Waals surface area contributed by atoms with Crippen LogP contribution in [0.5, 0.6) is 0 Å². The Morgan fingerprint density at radius 2 is 1.94 bits per heavy atom. The van der Waals surface area contributed by atoms with Gasteiger partial charge in [-0.15, -0.1) is 0 Å². The molecule has 2 heterocycles. The van der Waals surface area contributed by atoms with Crippen LogP contribution in [0.1, 0.15) is 26.7 Å². The van der Waals surface area contributed by atoms with Gasteiger partial charge in [-0.2, -0.15) is 0 Å². The van der Waals surface area contributed by atoms with Gasteiger partial charge < -0.3 is 15.0 Å². The molecule has 1 N–H and O–H groups in total. The first-order valence-corrected chi connectivity index (χ1v) is 6.69. The summed E-state index contributed by atoms with van der Waals surface area (Å²) in [6, 6.07) is 2.67. The lowest BCUT2D eigenvalue weighted by atomic mass is 10.2. The van der Waals surface area contributed by atoms with E-state index in [4.69, 9.17) is 4.74 Å². The van der Waals surface area contributed by atoms with Crippen molar-refractivity contribution in [3.05, 3.63) is 12.4 Å². The van der Waals surface area contributed by atoms with Crippen LogP contribution in [0.25, 0.3) is 0 Å². The lowest BCUT2D eigenvalue weighted by Crippen LogP contribution is -2.45. The maximum Gasteiger partial charge on any atom is 0.134 e. The van der Waals surface area contributed by atoms with Gasteiger partial charge in [-0.25, -0.2) is 9.97 Å². The predicted octanol–water partition coefficient (Wildman–Crippen LogP) is 1.66. The van der Waals surface area contributed by atoms with Crippen LogP contribution >= 0.6 is 0 Å². The second-order valence-corrected chi connectivity index (χ2v) is 5.34. The molecule has 0 bridgehead atoms. The molecule has 2 aliphatic rings. The summed E-state index contributed by atoms with van der Waals surface area (Å²) < 4.78 is 5.74. The summed E-state index contributed by atoms with van der Waals surface area (Å²) in [5.41, 5.74) is 0. The molecule has 1 saturated heterocycles. The molecule has 1 aliphatic heterocycles. The molecular weight excluding hydrogens is 228 g/mol. The molecule has 0 spiro atoms. The van der Waals surface area contributed by atoms with Crippen molar-refractivity contribution in [1.29, 1.82) is 0 Å². The number of aromatic nitrogens is 2. The Bertz CT molecular complexity index is 411. The van der Waals surface area contributed by atoms with Gasteiger partial charge >= 0.3 is 0 Å². The maximum absolute atomic E-state index is 5.74. The molecule has 1 aromatic heterocycles. The number of nitrogens with one attached hydrogen (secondary N) is 1. The van der Waals surface area contributed by atoms with E-state index in [2.05, 4.69) is 34.0 Å². The van der Waals surface area contributed by atoms with Crippen LogP contribution in [0, 0.1) is 0 Å². The second-order valence-electron chi connectivity index (χ2n) is 5.34. The summed E-state index contributed by atoms with van der Waals surface area (Å²) >= 11 is 0. The van der Waals surface area contributed by atoms with E-state index in [0.29, 0.717) is 6.04 Å².